The van der Waals surface area contributed by atoms with Gasteiger partial charge >= 0.3 is 0 Å². The molecule has 0 fully saturated rings. The topological polar surface area (TPSA) is 75.4 Å². The molecular formula is C15H22ClN3O2. The lowest BCUT2D eigenvalue weighted by molar-refractivity contribution is -0.125. The van der Waals surface area contributed by atoms with Gasteiger partial charge in [-0.2, -0.15) is 0 Å². The SMILES string of the molecule is CCCC(N)C(=O)NCC(=O)N1CCc2ccccc21.Cl. The number of halogens is 1. The summed E-state index contributed by atoms with van der Waals surface area (Å²) in [7, 11) is 0. The molecule has 0 saturated heterocycles. The smallest absolute Gasteiger partial charge is 0.246 e. The molecule has 0 bridgehead atoms. The van der Waals surface area contributed by atoms with Crippen molar-refractivity contribution in [3.8, 4) is 0 Å². The second-order valence-corrected chi connectivity index (χ2v) is 5.04. The van der Waals surface area contributed by atoms with Crippen LogP contribution in [0.2, 0.25) is 0 Å². The van der Waals surface area contributed by atoms with Crippen molar-refractivity contribution in [3.63, 3.8) is 0 Å². The summed E-state index contributed by atoms with van der Waals surface area (Å²) in [4.78, 5) is 25.6. The van der Waals surface area contributed by atoms with Gasteiger partial charge in [-0.05, 0) is 24.5 Å². The minimum Gasteiger partial charge on any atom is -0.346 e. The van der Waals surface area contributed by atoms with E-state index in [4.69, 9.17) is 5.73 Å². The van der Waals surface area contributed by atoms with Gasteiger partial charge in [0.15, 0.2) is 0 Å². The Morgan fingerprint density at radius 2 is 2.10 bits per heavy atom. The molecule has 1 aliphatic rings. The largest absolute Gasteiger partial charge is 0.346 e. The van der Waals surface area contributed by atoms with Crippen molar-refractivity contribution < 1.29 is 9.59 Å². The summed E-state index contributed by atoms with van der Waals surface area (Å²) < 4.78 is 0. The molecule has 0 radical (unpaired) electrons. The molecular weight excluding hydrogens is 290 g/mol. The molecule has 1 aromatic carbocycles. The van der Waals surface area contributed by atoms with Crippen LogP contribution in [0.3, 0.4) is 0 Å². The molecule has 1 unspecified atom stereocenters. The van der Waals surface area contributed by atoms with Crippen molar-refractivity contribution in [2.75, 3.05) is 18.0 Å². The Kier molecular flexibility index (Phi) is 6.65. The van der Waals surface area contributed by atoms with E-state index in [-0.39, 0.29) is 30.8 Å². The first-order valence-corrected chi connectivity index (χ1v) is 7.05. The normalized spacial score (nSPS) is 14.1. The minimum atomic E-state index is -0.529. The van der Waals surface area contributed by atoms with Gasteiger partial charge in [-0.1, -0.05) is 31.5 Å². The molecule has 2 amide bonds. The maximum absolute atomic E-state index is 12.2. The Hall–Kier alpha value is -1.59. The molecule has 6 heteroatoms. The van der Waals surface area contributed by atoms with E-state index in [1.54, 1.807) is 4.90 Å². The van der Waals surface area contributed by atoms with Crippen molar-refractivity contribution in [1.29, 1.82) is 0 Å². The van der Waals surface area contributed by atoms with E-state index in [9.17, 15) is 9.59 Å². The van der Waals surface area contributed by atoms with E-state index in [2.05, 4.69) is 5.32 Å². The van der Waals surface area contributed by atoms with Crippen LogP contribution in [0.5, 0.6) is 0 Å². The van der Waals surface area contributed by atoms with Crippen molar-refractivity contribution in [2.45, 2.75) is 32.2 Å². The number of fused-ring (bicyclic) bond motifs is 1. The summed E-state index contributed by atoms with van der Waals surface area (Å²) in [6.07, 6.45) is 2.35. The lowest BCUT2D eigenvalue weighted by Crippen LogP contribution is -2.45. The van der Waals surface area contributed by atoms with Gasteiger partial charge in [0.25, 0.3) is 0 Å². The first-order valence-electron chi connectivity index (χ1n) is 7.05. The molecule has 1 atom stereocenters. The van der Waals surface area contributed by atoms with Crippen LogP contribution >= 0.6 is 12.4 Å². The molecule has 3 N–H and O–H groups in total. The first-order chi connectivity index (χ1) is 9.63. The summed E-state index contributed by atoms with van der Waals surface area (Å²) in [6.45, 7) is 2.65. The zero-order valence-corrected chi connectivity index (χ0v) is 13.0. The number of hydrogen-bond donors (Lipinski definition) is 2. The third-order valence-electron chi connectivity index (χ3n) is 3.54. The summed E-state index contributed by atoms with van der Waals surface area (Å²) >= 11 is 0. The maximum atomic E-state index is 12.2. The van der Waals surface area contributed by atoms with E-state index in [0.717, 1.165) is 18.5 Å². The molecule has 0 aromatic heterocycles. The molecule has 116 valence electrons. The minimum absolute atomic E-state index is 0. The van der Waals surface area contributed by atoms with Crippen molar-refractivity contribution in [1.82, 2.24) is 5.32 Å². The maximum Gasteiger partial charge on any atom is 0.246 e. The molecule has 1 aliphatic heterocycles. The van der Waals surface area contributed by atoms with E-state index >= 15 is 0 Å². The molecule has 21 heavy (non-hydrogen) atoms. The lowest BCUT2D eigenvalue weighted by atomic mass is 10.1. The fourth-order valence-electron chi connectivity index (χ4n) is 2.43. The molecule has 0 saturated carbocycles. The number of carbonyl (C=O) groups excluding carboxylic acids is 2. The number of anilines is 1. The van der Waals surface area contributed by atoms with E-state index in [1.165, 1.54) is 5.56 Å². The van der Waals surface area contributed by atoms with Crippen LogP contribution in [0.25, 0.3) is 0 Å². The third-order valence-corrected chi connectivity index (χ3v) is 3.54. The lowest BCUT2D eigenvalue weighted by Gasteiger charge is -2.18. The number of nitrogens with one attached hydrogen (secondary N) is 1. The highest BCUT2D eigenvalue weighted by Crippen LogP contribution is 2.27. The molecule has 2 rings (SSSR count). The van der Waals surface area contributed by atoms with Gasteiger partial charge in [-0.15, -0.1) is 12.4 Å². The Labute approximate surface area is 131 Å². The average molecular weight is 312 g/mol. The highest BCUT2D eigenvalue weighted by atomic mass is 35.5. The van der Waals surface area contributed by atoms with Gasteiger partial charge in [0.1, 0.15) is 0 Å². The third kappa shape index (κ3) is 4.19. The Morgan fingerprint density at radius 1 is 1.38 bits per heavy atom. The highest BCUT2D eigenvalue weighted by molar-refractivity contribution is 5.98. The molecule has 1 heterocycles. The highest BCUT2D eigenvalue weighted by Gasteiger charge is 2.24. The van der Waals surface area contributed by atoms with Crippen molar-refractivity contribution in [3.05, 3.63) is 29.8 Å². The summed E-state index contributed by atoms with van der Waals surface area (Å²) in [6, 6.07) is 7.32. The van der Waals surface area contributed by atoms with Crippen molar-refractivity contribution >= 4 is 29.9 Å². The fraction of sp³-hybridized carbons (Fsp3) is 0.467. The van der Waals surface area contributed by atoms with Crippen LogP contribution in [0.1, 0.15) is 25.3 Å². The Bertz CT molecular complexity index is 507. The summed E-state index contributed by atoms with van der Waals surface area (Å²) in [5.74, 6) is -0.348. The van der Waals surface area contributed by atoms with E-state index in [0.29, 0.717) is 13.0 Å². The van der Waals surface area contributed by atoms with Crippen LogP contribution in [0, 0.1) is 0 Å². The van der Waals surface area contributed by atoms with E-state index < -0.39 is 6.04 Å². The second kappa shape index (κ2) is 8.00. The number of rotatable bonds is 5. The summed E-state index contributed by atoms with van der Waals surface area (Å²) in [5, 5.41) is 2.62. The zero-order chi connectivity index (χ0) is 14.5. The molecule has 0 aliphatic carbocycles. The standard InChI is InChI=1S/C15H21N3O2.ClH/c1-2-5-12(16)15(20)17-10-14(19)18-9-8-11-6-3-4-7-13(11)18;/h3-4,6-7,12H,2,5,8-10,16H2,1H3,(H,17,20);1H. The molecule has 0 spiro atoms. The van der Waals surface area contributed by atoms with Crippen LogP contribution < -0.4 is 16.0 Å². The van der Waals surface area contributed by atoms with Crippen LogP contribution in [0.15, 0.2) is 24.3 Å². The number of benzene rings is 1. The van der Waals surface area contributed by atoms with Gasteiger partial charge in [0.05, 0.1) is 12.6 Å². The van der Waals surface area contributed by atoms with Gasteiger partial charge in [0, 0.05) is 12.2 Å². The van der Waals surface area contributed by atoms with Crippen LogP contribution in [-0.4, -0.2) is 30.9 Å². The van der Waals surface area contributed by atoms with Crippen molar-refractivity contribution in [2.24, 2.45) is 5.73 Å². The number of amides is 2. The van der Waals surface area contributed by atoms with Gasteiger partial charge in [0.2, 0.25) is 11.8 Å². The van der Waals surface area contributed by atoms with Gasteiger partial charge in [-0.25, -0.2) is 0 Å². The predicted molar refractivity (Wildman–Crippen MR) is 85.6 cm³/mol. The number of carbonyl (C=O) groups is 2. The Morgan fingerprint density at radius 3 is 2.81 bits per heavy atom. The monoisotopic (exact) mass is 311 g/mol. The average Bonchev–Trinajstić information content (AvgIpc) is 2.88. The second-order valence-electron chi connectivity index (χ2n) is 5.04. The number of nitrogens with two attached hydrogens (primary N) is 1. The number of para-hydroxylation sites is 1. The van der Waals surface area contributed by atoms with Gasteiger partial charge in [-0.3, -0.25) is 9.59 Å². The quantitative estimate of drug-likeness (QED) is 0.859. The first kappa shape index (κ1) is 17.5. The zero-order valence-electron chi connectivity index (χ0n) is 12.2. The summed E-state index contributed by atoms with van der Waals surface area (Å²) in [5.41, 5.74) is 7.83. The predicted octanol–water partition coefficient (Wildman–Crippen LogP) is 1.24. The Balaban J connectivity index is 0.00000220. The molecule has 1 aromatic rings. The van der Waals surface area contributed by atoms with Crippen LogP contribution in [0.4, 0.5) is 5.69 Å². The number of nitrogens with zero attached hydrogens (tertiary/aromatic N) is 1. The number of hydrogen-bond acceptors (Lipinski definition) is 3. The van der Waals surface area contributed by atoms with Crippen LogP contribution in [-0.2, 0) is 16.0 Å². The van der Waals surface area contributed by atoms with E-state index in [1.807, 2.05) is 31.2 Å². The fourth-order valence-corrected chi connectivity index (χ4v) is 2.43. The van der Waals surface area contributed by atoms with Gasteiger partial charge < -0.3 is 16.0 Å². The molecule has 5 nitrogen and oxygen atoms in total.